The minimum Gasteiger partial charge on any atom is -0.387 e. The number of para-hydroxylation sites is 1. The summed E-state index contributed by atoms with van der Waals surface area (Å²) in [5.41, 5.74) is 0.681. The van der Waals surface area contributed by atoms with Crippen molar-refractivity contribution in [2.24, 2.45) is 0 Å². The molecule has 112 valence electrons. The molecule has 0 spiro atoms. The molecule has 0 saturated carbocycles. The van der Waals surface area contributed by atoms with Crippen molar-refractivity contribution in [1.82, 2.24) is 0 Å². The zero-order chi connectivity index (χ0) is 14.8. The number of phosphoric ester groups is 1. The van der Waals surface area contributed by atoms with Gasteiger partial charge in [-0.05, 0) is 12.1 Å². The maximum Gasteiger partial charge on any atom is 0.469 e. The minimum absolute atomic E-state index is 0.518. The van der Waals surface area contributed by atoms with E-state index in [4.69, 9.17) is 14.5 Å². The van der Waals surface area contributed by atoms with Crippen LogP contribution < -0.4 is 5.32 Å². The highest BCUT2D eigenvalue weighted by Gasteiger charge is 2.43. The van der Waals surface area contributed by atoms with Gasteiger partial charge in [-0.25, -0.2) is 4.57 Å². The monoisotopic (exact) mass is 305 g/mol. The van der Waals surface area contributed by atoms with Crippen LogP contribution in [0.4, 0.5) is 5.69 Å². The molecular formula is C11H16NO7P. The Morgan fingerprint density at radius 1 is 1.20 bits per heavy atom. The van der Waals surface area contributed by atoms with E-state index in [0.29, 0.717) is 5.69 Å². The van der Waals surface area contributed by atoms with Crippen molar-refractivity contribution >= 4 is 13.5 Å². The summed E-state index contributed by atoms with van der Waals surface area (Å²) in [5, 5.41) is 22.5. The number of nitrogens with one attached hydrogen (secondary N) is 1. The molecule has 1 aromatic rings. The molecule has 5 N–H and O–H groups in total. The van der Waals surface area contributed by atoms with Crippen LogP contribution >= 0.6 is 7.82 Å². The normalized spacial score (nSPS) is 30.4. The summed E-state index contributed by atoms with van der Waals surface area (Å²) in [6, 6.07) is 8.90. The molecule has 1 fully saturated rings. The molecule has 8 nitrogen and oxygen atoms in total. The van der Waals surface area contributed by atoms with Gasteiger partial charge in [0.25, 0.3) is 0 Å². The second kappa shape index (κ2) is 6.19. The molecule has 4 atom stereocenters. The highest BCUT2D eigenvalue weighted by molar-refractivity contribution is 7.46. The Balaban J connectivity index is 1.94. The third-order valence-electron chi connectivity index (χ3n) is 2.85. The molecule has 0 aliphatic carbocycles. The van der Waals surface area contributed by atoms with E-state index in [1.165, 1.54) is 0 Å². The molecule has 1 aliphatic rings. The first-order valence-electron chi connectivity index (χ1n) is 5.90. The number of anilines is 1. The van der Waals surface area contributed by atoms with Crippen LogP contribution in [0.5, 0.6) is 0 Å². The largest absolute Gasteiger partial charge is 0.469 e. The van der Waals surface area contributed by atoms with E-state index in [-0.39, 0.29) is 0 Å². The van der Waals surface area contributed by atoms with Gasteiger partial charge < -0.3 is 30.1 Å². The van der Waals surface area contributed by atoms with Crippen LogP contribution in [-0.4, -0.2) is 51.1 Å². The fraction of sp³-hybridized carbons (Fsp3) is 0.455. The van der Waals surface area contributed by atoms with Gasteiger partial charge in [0.05, 0.1) is 6.61 Å². The Morgan fingerprint density at radius 3 is 2.45 bits per heavy atom. The van der Waals surface area contributed by atoms with Crippen molar-refractivity contribution in [2.75, 3.05) is 11.9 Å². The van der Waals surface area contributed by atoms with E-state index in [2.05, 4.69) is 9.84 Å². The summed E-state index contributed by atoms with van der Waals surface area (Å²) >= 11 is 0. The molecule has 1 aliphatic heterocycles. The fourth-order valence-corrected chi connectivity index (χ4v) is 2.22. The van der Waals surface area contributed by atoms with E-state index in [0.717, 1.165) is 0 Å². The summed E-state index contributed by atoms with van der Waals surface area (Å²) in [6.07, 6.45) is -4.46. The SMILES string of the molecule is O=P(O)(O)OC[C@H]1OC(Nc2ccccc2)[C@H](O)[C@@H]1O. The zero-order valence-corrected chi connectivity index (χ0v) is 11.3. The van der Waals surface area contributed by atoms with Gasteiger partial charge in [-0.3, -0.25) is 4.52 Å². The number of rotatable bonds is 5. The van der Waals surface area contributed by atoms with Crippen molar-refractivity contribution in [2.45, 2.75) is 24.5 Å². The minimum atomic E-state index is -4.64. The second-order valence-corrected chi connectivity index (χ2v) is 5.61. The van der Waals surface area contributed by atoms with Crippen LogP contribution in [0.25, 0.3) is 0 Å². The Hall–Kier alpha value is -0.990. The maximum atomic E-state index is 10.6. The average Bonchev–Trinajstić information content (AvgIpc) is 2.65. The molecule has 20 heavy (non-hydrogen) atoms. The van der Waals surface area contributed by atoms with Crippen molar-refractivity contribution < 1.29 is 33.8 Å². The summed E-state index contributed by atoms with van der Waals surface area (Å²) < 4.78 is 20.2. The topological polar surface area (TPSA) is 128 Å². The maximum absolute atomic E-state index is 10.6. The first-order chi connectivity index (χ1) is 9.37. The number of hydrogen-bond donors (Lipinski definition) is 5. The van der Waals surface area contributed by atoms with Gasteiger partial charge in [0.2, 0.25) is 0 Å². The lowest BCUT2D eigenvalue weighted by atomic mass is 10.1. The van der Waals surface area contributed by atoms with Gasteiger partial charge in [-0.2, -0.15) is 0 Å². The first kappa shape index (κ1) is 15.4. The van der Waals surface area contributed by atoms with E-state index in [1.54, 1.807) is 24.3 Å². The van der Waals surface area contributed by atoms with Crippen molar-refractivity contribution in [1.29, 1.82) is 0 Å². The highest BCUT2D eigenvalue weighted by Crippen LogP contribution is 2.37. The van der Waals surface area contributed by atoms with Gasteiger partial charge in [0.1, 0.15) is 18.3 Å². The molecule has 1 aromatic carbocycles. The van der Waals surface area contributed by atoms with Gasteiger partial charge in [0, 0.05) is 5.69 Å². The Kier molecular flexibility index (Phi) is 4.77. The average molecular weight is 305 g/mol. The summed E-state index contributed by atoms with van der Waals surface area (Å²) in [4.78, 5) is 17.2. The van der Waals surface area contributed by atoms with Crippen molar-refractivity contribution in [3.63, 3.8) is 0 Å². The number of phosphoric acid groups is 1. The van der Waals surface area contributed by atoms with Crippen molar-refractivity contribution in [3.05, 3.63) is 30.3 Å². The number of aliphatic hydroxyl groups excluding tert-OH is 2. The highest BCUT2D eigenvalue weighted by atomic mass is 31.2. The number of ether oxygens (including phenoxy) is 1. The quantitative estimate of drug-likeness (QED) is 0.467. The van der Waals surface area contributed by atoms with Crippen LogP contribution in [0.1, 0.15) is 0 Å². The molecule has 1 heterocycles. The van der Waals surface area contributed by atoms with Crippen LogP contribution in [0.15, 0.2) is 30.3 Å². The van der Waals surface area contributed by atoms with Crippen molar-refractivity contribution in [3.8, 4) is 0 Å². The van der Waals surface area contributed by atoms with Crippen LogP contribution in [-0.2, 0) is 13.8 Å². The van der Waals surface area contributed by atoms with Crippen LogP contribution in [0.2, 0.25) is 0 Å². The van der Waals surface area contributed by atoms with Crippen LogP contribution in [0.3, 0.4) is 0 Å². The van der Waals surface area contributed by atoms with E-state index in [9.17, 15) is 14.8 Å². The molecule has 9 heteroatoms. The summed E-state index contributed by atoms with van der Waals surface area (Å²) in [5.74, 6) is 0. The number of hydrogen-bond acceptors (Lipinski definition) is 6. The Morgan fingerprint density at radius 2 is 1.85 bits per heavy atom. The second-order valence-electron chi connectivity index (χ2n) is 4.37. The molecular weight excluding hydrogens is 289 g/mol. The molecule has 0 bridgehead atoms. The third kappa shape index (κ3) is 4.00. The van der Waals surface area contributed by atoms with E-state index < -0.39 is 39.0 Å². The molecule has 1 saturated heterocycles. The molecule has 2 rings (SSSR count). The van der Waals surface area contributed by atoms with E-state index >= 15 is 0 Å². The molecule has 0 amide bonds. The molecule has 1 unspecified atom stereocenters. The summed E-state index contributed by atoms with van der Waals surface area (Å²) in [7, 11) is -4.64. The fourth-order valence-electron chi connectivity index (χ4n) is 1.87. The van der Waals surface area contributed by atoms with E-state index in [1.807, 2.05) is 6.07 Å². The molecule has 0 aromatic heterocycles. The number of aliphatic hydroxyl groups is 2. The smallest absolute Gasteiger partial charge is 0.387 e. The zero-order valence-electron chi connectivity index (χ0n) is 10.4. The summed E-state index contributed by atoms with van der Waals surface area (Å²) in [6.45, 7) is -0.518. The Labute approximate surface area is 115 Å². The number of benzene rings is 1. The predicted octanol–water partition coefficient (Wildman–Crippen LogP) is -0.346. The lowest BCUT2D eigenvalue weighted by Gasteiger charge is -2.17. The van der Waals surface area contributed by atoms with Gasteiger partial charge in [0.15, 0.2) is 6.23 Å². The Bertz CT molecular complexity index is 479. The first-order valence-corrected chi connectivity index (χ1v) is 7.43. The lowest BCUT2D eigenvalue weighted by Crippen LogP contribution is -2.36. The van der Waals surface area contributed by atoms with Gasteiger partial charge >= 0.3 is 7.82 Å². The predicted molar refractivity (Wildman–Crippen MR) is 68.7 cm³/mol. The van der Waals surface area contributed by atoms with Crippen LogP contribution in [0, 0.1) is 0 Å². The lowest BCUT2D eigenvalue weighted by molar-refractivity contribution is -0.0151. The van der Waals surface area contributed by atoms with Gasteiger partial charge in [-0.1, -0.05) is 18.2 Å². The standard InChI is InChI=1S/C11H16NO7P/c13-9-8(6-18-20(15,16)17)19-11(10(9)14)12-7-4-2-1-3-5-7/h1-5,8-14H,6H2,(H2,15,16,17)/t8-,9-,10-,11?/m1/s1. The molecule has 0 radical (unpaired) electrons. The third-order valence-corrected chi connectivity index (χ3v) is 3.34. The van der Waals surface area contributed by atoms with Gasteiger partial charge in [-0.15, -0.1) is 0 Å².